The Labute approximate surface area is 120 Å². The lowest BCUT2D eigenvalue weighted by atomic mass is 9.97. The molecule has 0 spiro atoms. The van der Waals surface area contributed by atoms with Crippen LogP contribution in [-0.2, 0) is 0 Å². The highest BCUT2D eigenvalue weighted by atomic mass is 16.1. The highest BCUT2D eigenvalue weighted by molar-refractivity contribution is 6.10. The summed E-state index contributed by atoms with van der Waals surface area (Å²) in [6, 6.07) is 11.4. The molecule has 0 aromatic heterocycles. The van der Waals surface area contributed by atoms with Crippen molar-refractivity contribution >= 4 is 17.2 Å². The average Bonchev–Trinajstić information content (AvgIpc) is 2.40. The lowest BCUT2D eigenvalue weighted by Crippen LogP contribution is -2.12. The first kappa shape index (κ1) is 14.1. The van der Waals surface area contributed by atoms with E-state index < -0.39 is 0 Å². The highest BCUT2D eigenvalue weighted by Gasteiger charge is 2.13. The summed E-state index contributed by atoms with van der Waals surface area (Å²) in [5, 5.41) is 0. The molecule has 2 rings (SSSR count). The summed E-state index contributed by atoms with van der Waals surface area (Å²) in [4.78, 5) is 14.5. The molecule has 0 fully saturated rings. The minimum atomic E-state index is 0.0169. The number of carbonyl (C=O) groups excluding carboxylic acids is 1. The Bertz CT molecular complexity index is 660. The summed E-state index contributed by atoms with van der Waals surface area (Å²) < 4.78 is 0. The molecule has 0 saturated heterocycles. The molecule has 2 aromatic carbocycles. The van der Waals surface area contributed by atoms with Crippen LogP contribution in [0.1, 0.15) is 27.0 Å². The molecule has 0 unspecified atom stereocenters. The molecule has 0 radical (unpaired) electrons. The molecule has 0 aliphatic heterocycles. The third kappa shape index (κ3) is 2.67. The first-order chi connectivity index (χ1) is 9.40. The van der Waals surface area contributed by atoms with E-state index >= 15 is 0 Å². The molecule has 2 aromatic rings. The number of benzene rings is 2. The molecule has 104 valence electrons. The fourth-order valence-electron chi connectivity index (χ4n) is 2.24. The number of nitrogens with two attached hydrogens (primary N) is 1. The lowest BCUT2D eigenvalue weighted by molar-refractivity contribution is 0.103. The first-order valence-corrected chi connectivity index (χ1v) is 6.59. The number of aryl methyl sites for hydroxylation is 2. The van der Waals surface area contributed by atoms with E-state index in [-0.39, 0.29) is 5.78 Å². The first-order valence-electron chi connectivity index (χ1n) is 6.59. The molecule has 20 heavy (non-hydrogen) atoms. The number of hydrogen-bond donors (Lipinski definition) is 1. The van der Waals surface area contributed by atoms with E-state index in [4.69, 9.17) is 5.73 Å². The van der Waals surface area contributed by atoms with Gasteiger partial charge in [0.1, 0.15) is 0 Å². The molecule has 0 heterocycles. The van der Waals surface area contributed by atoms with E-state index in [1.165, 1.54) is 0 Å². The van der Waals surface area contributed by atoms with Crippen LogP contribution in [0.2, 0.25) is 0 Å². The van der Waals surface area contributed by atoms with Crippen LogP contribution < -0.4 is 10.6 Å². The Kier molecular flexibility index (Phi) is 3.79. The van der Waals surface area contributed by atoms with Gasteiger partial charge in [-0.25, -0.2) is 0 Å². The second-order valence-electron chi connectivity index (χ2n) is 5.32. The standard InChI is InChI=1S/C17H20N2O/c1-11-5-6-12(2)14(9-11)17(20)13-7-8-16(19(3)4)15(18)10-13/h5-10H,18H2,1-4H3. The fourth-order valence-corrected chi connectivity index (χ4v) is 2.24. The van der Waals surface area contributed by atoms with Gasteiger partial charge in [-0.1, -0.05) is 17.7 Å². The van der Waals surface area contributed by atoms with Crippen LogP contribution in [0, 0.1) is 13.8 Å². The zero-order chi connectivity index (χ0) is 14.9. The van der Waals surface area contributed by atoms with E-state index in [2.05, 4.69) is 0 Å². The van der Waals surface area contributed by atoms with Crippen LogP contribution in [0.5, 0.6) is 0 Å². The molecule has 3 nitrogen and oxygen atoms in total. The fraction of sp³-hybridized carbons (Fsp3) is 0.235. The Morgan fingerprint density at radius 1 is 1.05 bits per heavy atom. The normalized spacial score (nSPS) is 10.4. The SMILES string of the molecule is Cc1ccc(C)c(C(=O)c2ccc(N(C)C)c(N)c2)c1. The van der Waals surface area contributed by atoms with Crippen molar-refractivity contribution in [1.82, 2.24) is 0 Å². The Balaban J connectivity index is 2.44. The average molecular weight is 268 g/mol. The monoisotopic (exact) mass is 268 g/mol. The maximum atomic E-state index is 12.6. The molecule has 0 atom stereocenters. The molecular formula is C17H20N2O. The van der Waals surface area contributed by atoms with Crippen molar-refractivity contribution in [2.75, 3.05) is 24.7 Å². The van der Waals surface area contributed by atoms with Gasteiger partial charge in [0.05, 0.1) is 11.4 Å². The molecule has 0 bridgehead atoms. The Morgan fingerprint density at radius 3 is 2.35 bits per heavy atom. The van der Waals surface area contributed by atoms with E-state index in [1.807, 2.05) is 63.2 Å². The summed E-state index contributed by atoms with van der Waals surface area (Å²) in [5.74, 6) is 0.0169. The topological polar surface area (TPSA) is 46.3 Å². The van der Waals surface area contributed by atoms with E-state index in [0.717, 1.165) is 22.4 Å². The van der Waals surface area contributed by atoms with Crippen molar-refractivity contribution in [3.8, 4) is 0 Å². The summed E-state index contributed by atoms with van der Waals surface area (Å²) >= 11 is 0. The van der Waals surface area contributed by atoms with Gasteiger partial charge in [0.2, 0.25) is 0 Å². The molecule has 0 aliphatic carbocycles. The van der Waals surface area contributed by atoms with Crippen molar-refractivity contribution in [1.29, 1.82) is 0 Å². The number of anilines is 2. The maximum Gasteiger partial charge on any atom is 0.193 e. The molecule has 0 saturated carbocycles. The van der Waals surface area contributed by atoms with E-state index in [1.54, 1.807) is 6.07 Å². The molecule has 0 aliphatic rings. The molecule has 3 heteroatoms. The predicted octanol–water partition coefficient (Wildman–Crippen LogP) is 3.18. The number of rotatable bonds is 3. The van der Waals surface area contributed by atoms with Crippen molar-refractivity contribution < 1.29 is 4.79 Å². The second kappa shape index (κ2) is 5.37. The van der Waals surface area contributed by atoms with Gasteiger partial charge < -0.3 is 10.6 Å². The van der Waals surface area contributed by atoms with Crippen LogP contribution in [0.4, 0.5) is 11.4 Å². The van der Waals surface area contributed by atoms with Gasteiger partial charge in [-0.05, 0) is 43.7 Å². The minimum absolute atomic E-state index is 0.0169. The summed E-state index contributed by atoms with van der Waals surface area (Å²) in [5.41, 5.74) is 11.0. The van der Waals surface area contributed by atoms with Crippen molar-refractivity contribution in [3.63, 3.8) is 0 Å². The zero-order valence-electron chi connectivity index (χ0n) is 12.4. The van der Waals surface area contributed by atoms with Gasteiger partial charge in [0, 0.05) is 25.2 Å². The third-order valence-corrected chi connectivity index (χ3v) is 3.41. The van der Waals surface area contributed by atoms with Crippen molar-refractivity contribution in [3.05, 3.63) is 58.7 Å². The summed E-state index contributed by atoms with van der Waals surface area (Å²) in [7, 11) is 3.86. The third-order valence-electron chi connectivity index (χ3n) is 3.41. The van der Waals surface area contributed by atoms with Crippen molar-refractivity contribution in [2.24, 2.45) is 0 Å². The largest absolute Gasteiger partial charge is 0.397 e. The van der Waals surface area contributed by atoms with E-state index in [0.29, 0.717) is 11.3 Å². The van der Waals surface area contributed by atoms with Crippen LogP contribution in [-0.4, -0.2) is 19.9 Å². The van der Waals surface area contributed by atoms with Crippen LogP contribution >= 0.6 is 0 Å². The number of nitrogens with zero attached hydrogens (tertiary/aromatic N) is 1. The van der Waals surface area contributed by atoms with Crippen LogP contribution in [0.15, 0.2) is 36.4 Å². The number of nitrogen functional groups attached to an aromatic ring is 1. The maximum absolute atomic E-state index is 12.6. The molecule has 0 amide bonds. The lowest BCUT2D eigenvalue weighted by Gasteiger charge is -2.16. The number of carbonyl (C=O) groups is 1. The number of hydrogen-bond acceptors (Lipinski definition) is 3. The highest BCUT2D eigenvalue weighted by Crippen LogP contribution is 2.24. The molecule has 2 N–H and O–H groups in total. The molecular weight excluding hydrogens is 248 g/mol. The van der Waals surface area contributed by atoms with Crippen molar-refractivity contribution in [2.45, 2.75) is 13.8 Å². The smallest absolute Gasteiger partial charge is 0.193 e. The Hall–Kier alpha value is -2.29. The van der Waals surface area contributed by atoms with Crippen LogP contribution in [0.3, 0.4) is 0 Å². The predicted molar refractivity (Wildman–Crippen MR) is 84.5 cm³/mol. The quantitative estimate of drug-likeness (QED) is 0.687. The zero-order valence-corrected chi connectivity index (χ0v) is 12.4. The number of ketones is 1. The van der Waals surface area contributed by atoms with Crippen LogP contribution in [0.25, 0.3) is 0 Å². The Morgan fingerprint density at radius 2 is 1.75 bits per heavy atom. The minimum Gasteiger partial charge on any atom is -0.397 e. The van der Waals surface area contributed by atoms with Gasteiger partial charge >= 0.3 is 0 Å². The summed E-state index contributed by atoms with van der Waals surface area (Å²) in [6.07, 6.45) is 0. The van der Waals surface area contributed by atoms with Gasteiger partial charge in [-0.3, -0.25) is 4.79 Å². The summed E-state index contributed by atoms with van der Waals surface area (Å²) in [6.45, 7) is 3.93. The second-order valence-corrected chi connectivity index (χ2v) is 5.32. The van der Waals surface area contributed by atoms with E-state index in [9.17, 15) is 4.79 Å². The van der Waals surface area contributed by atoms with Gasteiger partial charge in [0.15, 0.2) is 5.78 Å². The van der Waals surface area contributed by atoms with Gasteiger partial charge in [-0.15, -0.1) is 0 Å². The van der Waals surface area contributed by atoms with Gasteiger partial charge in [0.25, 0.3) is 0 Å². The van der Waals surface area contributed by atoms with Gasteiger partial charge in [-0.2, -0.15) is 0 Å².